The summed E-state index contributed by atoms with van der Waals surface area (Å²) >= 11 is 0. The Morgan fingerprint density at radius 3 is 0.667 bits per heavy atom. The lowest BCUT2D eigenvalue weighted by atomic mass is 9.77. The molecule has 344 valence electrons. The number of aromatic amines is 2. The van der Waals surface area contributed by atoms with Crippen LogP contribution in [-0.4, -0.2) is 19.9 Å². The molecular formula is C62H76N4. The summed E-state index contributed by atoms with van der Waals surface area (Å²) in [6.07, 6.45) is 4.11. The molecule has 0 fully saturated rings. The molecule has 0 unspecified atom stereocenters. The number of nitrogens with zero attached hydrogens (tertiary/aromatic N) is 2. The van der Waals surface area contributed by atoms with Crippen molar-refractivity contribution in [1.29, 1.82) is 0 Å². The number of fused-ring (bicyclic) bond motifs is 10. The smallest absolute Gasteiger partial charge is 0.0733 e. The van der Waals surface area contributed by atoms with Crippen molar-refractivity contribution in [3.63, 3.8) is 0 Å². The Bertz CT molecular complexity index is 3030. The molecule has 9 aromatic rings. The SMILES string of the molecule is CCC(C)(CC)c1cc2nc(c1)c1cc(C(C)(C)C)cc3c4cc(C(C)(C)C)cc(c5cc(C(C)(CC)CC)cc(n5)c5cc(C(C)(C)C)cc6c7cc(C(C)(C)C)cc2c7[nH]c56)c4[nH]c13. The molecule has 0 aliphatic heterocycles. The summed E-state index contributed by atoms with van der Waals surface area (Å²) in [5, 5.41) is 9.52. The molecule has 2 N–H and O–H groups in total. The van der Waals surface area contributed by atoms with Gasteiger partial charge in [-0.2, -0.15) is 0 Å². The van der Waals surface area contributed by atoms with E-state index in [1.165, 1.54) is 54.9 Å². The maximum absolute atomic E-state index is 5.86. The molecule has 0 saturated heterocycles. The number of hydrogen-bond donors (Lipinski definition) is 2. The molecule has 0 atom stereocenters. The summed E-state index contributed by atoms with van der Waals surface area (Å²) in [6.45, 7) is 42.3. The maximum atomic E-state index is 5.86. The minimum absolute atomic E-state index is 0.0448. The Kier molecular flexibility index (Phi) is 10.5. The van der Waals surface area contributed by atoms with E-state index in [-0.39, 0.29) is 32.5 Å². The number of H-pyrrole nitrogens is 2. The third-order valence-corrected chi connectivity index (χ3v) is 16.4. The number of aromatic nitrogens is 4. The molecule has 5 aromatic heterocycles. The van der Waals surface area contributed by atoms with Crippen molar-refractivity contribution in [1.82, 2.24) is 19.9 Å². The largest absolute Gasteiger partial charge is 0.353 e. The fourth-order valence-electron chi connectivity index (χ4n) is 10.4. The van der Waals surface area contributed by atoms with Crippen LogP contribution in [0.4, 0.5) is 0 Å². The first-order valence-electron chi connectivity index (χ1n) is 25.1. The van der Waals surface area contributed by atoms with E-state index < -0.39 is 0 Å². The van der Waals surface area contributed by atoms with Crippen molar-refractivity contribution in [2.45, 2.75) is 183 Å². The first-order chi connectivity index (χ1) is 30.7. The van der Waals surface area contributed by atoms with Crippen molar-refractivity contribution in [2.75, 3.05) is 0 Å². The standard InChI is InChI=1S/C62H76N4/c1-19-61(17,20-2)39-31-49-45-27-35(57(5,6)7)23-41-43-25-37(59(11,12)13)29-47(55(43)65-53(41)45)51-33-40(62(18,21-3)22-4)34-52(64-51)48-30-38(60(14,15)16)26-44-42-24-36(58(8,9)10)28-46(50(32-39)63-49)54(42)66-56(44)48/h23-34,65-66H,19-22H2,1-18H3. The minimum Gasteiger partial charge on any atom is -0.353 e. The molecule has 0 saturated carbocycles. The molecule has 0 spiro atoms. The van der Waals surface area contributed by atoms with Crippen molar-refractivity contribution in [2.24, 2.45) is 0 Å². The topological polar surface area (TPSA) is 57.4 Å². The zero-order valence-corrected chi connectivity index (χ0v) is 43.7. The Labute approximate surface area is 394 Å². The van der Waals surface area contributed by atoms with Crippen molar-refractivity contribution >= 4 is 87.2 Å². The lowest BCUT2D eigenvalue weighted by Gasteiger charge is -2.28. The van der Waals surface area contributed by atoms with Crippen LogP contribution in [0.15, 0.2) is 72.8 Å². The van der Waals surface area contributed by atoms with Gasteiger partial charge in [-0.25, -0.2) is 9.97 Å². The second-order valence-corrected chi connectivity index (χ2v) is 24.8. The number of nitrogens with one attached hydrogen (secondary N) is 2. The molecular weight excluding hydrogens is 801 g/mol. The van der Waals surface area contributed by atoms with Crippen molar-refractivity contribution < 1.29 is 0 Å². The normalized spacial score (nSPS) is 13.8. The van der Waals surface area contributed by atoms with E-state index in [1.54, 1.807) is 0 Å². The fraction of sp³-hybridized carbons (Fsp3) is 0.452. The van der Waals surface area contributed by atoms with E-state index in [4.69, 9.17) is 9.97 Å². The van der Waals surface area contributed by atoms with E-state index in [0.29, 0.717) is 0 Å². The summed E-state index contributed by atoms with van der Waals surface area (Å²) in [7, 11) is 0. The van der Waals surface area contributed by atoms with Gasteiger partial charge in [-0.05, 0) is 164 Å². The van der Waals surface area contributed by atoms with E-state index in [0.717, 1.165) is 91.4 Å². The van der Waals surface area contributed by atoms with Gasteiger partial charge in [-0.1, -0.05) is 125 Å². The van der Waals surface area contributed by atoms with Crippen LogP contribution in [0.2, 0.25) is 0 Å². The van der Waals surface area contributed by atoms with Gasteiger partial charge in [0.2, 0.25) is 0 Å². The lowest BCUT2D eigenvalue weighted by Crippen LogP contribution is -2.19. The van der Waals surface area contributed by atoms with Crippen LogP contribution < -0.4 is 0 Å². The molecule has 0 aliphatic rings. The summed E-state index contributed by atoms with van der Waals surface area (Å²) < 4.78 is 0. The molecule has 4 heteroatoms. The first kappa shape index (κ1) is 45.9. The molecule has 0 amide bonds. The van der Waals surface area contributed by atoms with E-state index in [2.05, 4.69) is 207 Å². The molecule has 5 heterocycles. The monoisotopic (exact) mass is 877 g/mol. The first-order valence-corrected chi connectivity index (χ1v) is 25.1. The Hall–Kier alpha value is -5.22. The molecule has 66 heavy (non-hydrogen) atoms. The number of rotatable bonds is 6. The molecule has 8 bridgehead atoms. The Morgan fingerprint density at radius 1 is 0.288 bits per heavy atom. The predicted octanol–water partition coefficient (Wildman–Crippen LogP) is 18.3. The molecule has 0 aliphatic carbocycles. The third kappa shape index (κ3) is 7.41. The Balaban J connectivity index is 1.71. The quantitative estimate of drug-likeness (QED) is 0.175. The highest BCUT2D eigenvalue weighted by Crippen LogP contribution is 2.45. The molecule has 4 nitrogen and oxygen atoms in total. The van der Waals surface area contributed by atoms with Crippen LogP contribution in [0.25, 0.3) is 87.2 Å². The maximum Gasteiger partial charge on any atom is 0.0733 e. The van der Waals surface area contributed by atoms with E-state index in [9.17, 15) is 0 Å². The average Bonchev–Trinajstić information content (AvgIpc) is 3.84. The highest BCUT2D eigenvalue weighted by molar-refractivity contribution is 6.23. The lowest BCUT2D eigenvalue weighted by molar-refractivity contribution is 0.439. The van der Waals surface area contributed by atoms with Crippen LogP contribution in [0.5, 0.6) is 0 Å². The number of benzene rings is 4. The van der Waals surface area contributed by atoms with Gasteiger partial charge in [0.25, 0.3) is 0 Å². The predicted molar refractivity (Wildman–Crippen MR) is 290 cm³/mol. The molecule has 9 rings (SSSR count). The summed E-state index contributed by atoms with van der Waals surface area (Å²) in [4.78, 5) is 20.0. The van der Waals surface area contributed by atoms with Gasteiger partial charge in [0.15, 0.2) is 0 Å². The van der Waals surface area contributed by atoms with Crippen LogP contribution in [0.1, 0.15) is 184 Å². The number of hydrogen-bond acceptors (Lipinski definition) is 2. The second kappa shape index (κ2) is 15.1. The van der Waals surface area contributed by atoms with Gasteiger partial charge >= 0.3 is 0 Å². The zero-order chi connectivity index (χ0) is 47.8. The molecule has 4 aromatic carbocycles. The van der Waals surface area contributed by atoms with Crippen LogP contribution in [0, 0.1) is 0 Å². The van der Waals surface area contributed by atoms with Crippen molar-refractivity contribution in [3.8, 4) is 0 Å². The minimum atomic E-state index is -0.104. The van der Waals surface area contributed by atoms with Gasteiger partial charge in [-0.15, -0.1) is 0 Å². The Morgan fingerprint density at radius 2 is 0.485 bits per heavy atom. The van der Waals surface area contributed by atoms with Crippen LogP contribution in [-0.2, 0) is 32.5 Å². The summed E-state index contributed by atoms with van der Waals surface area (Å²) in [5.74, 6) is 0. The number of pyridine rings is 2. The molecule has 0 radical (unpaired) electrons. The average molecular weight is 877 g/mol. The highest BCUT2D eigenvalue weighted by atomic mass is 14.8. The van der Waals surface area contributed by atoms with E-state index in [1.807, 2.05) is 0 Å². The summed E-state index contributed by atoms with van der Waals surface area (Å²) in [5.41, 5.74) is 15.9. The van der Waals surface area contributed by atoms with Crippen molar-refractivity contribution in [3.05, 3.63) is 106 Å². The highest BCUT2D eigenvalue weighted by Gasteiger charge is 2.29. The van der Waals surface area contributed by atoms with Gasteiger partial charge < -0.3 is 9.97 Å². The van der Waals surface area contributed by atoms with E-state index >= 15 is 0 Å². The van der Waals surface area contributed by atoms with Gasteiger partial charge in [0.05, 0.1) is 44.1 Å². The van der Waals surface area contributed by atoms with Crippen LogP contribution in [0.3, 0.4) is 0 Å². The second-order valence-electron chi connectivity index (χ2n) is 24.8. The van der Waals surface area contributed by atoms with Crippen LogP contribution >= 0.6 is 0 Å². The zero-order valence-electron chi connectivity index (χ0n) is 43.7. The van der Waals surface area contributed by atoms with Gasteiger partial charge in [-0.3, -0.25) is 0 Å². The van der Waals surface area contributed by atoms with Gasteiger partial charge in [0, 0.05) is 43.1 Å². The van der Waals surface area contributed by atoms with Gasteiger partial charge in [0.1, 0.15) is 0 Å². The summed E-state index contributed by atoms with van der Waals surface area (Å²) in [6, 6.07) is 29.3. The fourth-order valence-corrected chi connectivity index (χ4v) is 10.4. The third-order valence-electron chi connectivity index (χ3n) is 16.4.